The van der Waals surface area contributed by atoms with Gasteiger partial charge in [-0.25, -0.2) is 4.52 Å². The van der Waals surface area contributed by atoms with Crippen LogP contribution in [0.5, 0.6) is 0 Å². The van der Waals surface area contributed by atoms with Crippen molar-refractivity contribution in [2.45, 2.75) is 20.8 Å². The average Bonchev–Trinajstić information content (AvgIpc) is 2.89. The standard InChI is InChI=1S/C13H15N5/c1-9-5-4-6-12-14-13(16-18(9)12)15-17-10(2)7-8-11(17)3/h4-8H,1-3H3,(H,15,16). The molecule has 0 spiro atoms. The molecule has 18 heavy (non-hydrogen) atoms. The molecule has 3 heterocycles. The molecule has 0 aliphatic carbocycles. The summed E-state index contributed by atoms with van der Waals surface area (Å²) in [5, 5.41) is 4.44. The van der Waals surface area contributed by atoms with E-state index in [1.54, 1.807) is 0 Å². The van der Waals surface area contributed by atoms with Gasteiger partial charge in [-0.05, 0) is 45.0 Å². The maximum atomic E-state index is 4.45. The molecule has 92 valence electrons. The molecular formula is C13H15N5. The summed E-state index contributed by atoms with van der Waals surface area (Å²) in [6, 6.07) is 10.1. The van der Waals surface area contributed by atoms with E-state index in [1.165, 1.54) is 0 Å². The summed E-state index contributed by atoms with van der Waals surface area (Å²) >= 11 is 0. The molecule has 3 rings (SSSR count). The fraction of sp³-hybridized carbons (Fsp3) is 0.231. The van der Waals surface area contributed by atoms with Gasteiger partial charge in [-0.15, -0.1) is 5.10 Å². The van der Waals surface area contributed by atoms with Crippen LogP contribution in [0.15, 0.2) is 30.3 Å². The Morgan fingerprint density at radius 1 is 0.944 bits per heavy atom. The number of nitrogens with zero attached hydrogens (tertiary/aromatic N) is 4. The monoisotopic (exact) mass is 241 g/mol. The predicted molar refractivity (Wildman–Crippen MR) is 70.7 cm³/mol. The van der Waals surface area contributed by atoms with Crippen LogP contribution in [0.1, 0.15) is 17.1 Å². The van der Waals surface area contributed by atoms with E-state index in [-0.39, 0.29) is 0 Å². The maximum absolute atomic E-state index is 4.45. The molecule has 5 nitrogen and oxygen atoms in total. The van der Waals surface area contributed by atoms with Gasteiger partial charge < -0.3 is 0 Å². The van der Waals surface area contributed by atoms with Gasteiger partial charge in [-0.3, -0.25) is 10.1 Å². The summed E-state index contributed by atoms with van der Waals surface area (Å²) in [5.74, 6) is 0.603. The van der Waals surface area contributed by atoms with Crippen molar-refractivity contribution in [1.29, 1.82) is 0 Å². The highest BCUT2D eigenvalue weighted by Gasteiger charge is 2.07. The Hall–Kier alpha value is -2.30. The number of hydrogen-bond donors (Lipinski definition) is 1. The average molecular weight is 241 g/mol. The zero-order valence-corrected chi connectivity index (χ0v) is 10.7. The minimum Gasteiger partial charge on any atom is -0.262 e. The van der Waals surface area contributed by atoms with Crippen molar-refractivity contribution in [3.8, 4) is 0 Å². The highest BCUT2D eigenvalue weighted by molar-refractivity contribution is 5.44. The Morgan fingerprint density at radius 2 is 1.67 bits per heavy atom. The number of fused-ring (bicyclic) bond motifs is 1. The highest BCUT2D eigenvalue weighted by atomic mass is 15.5. The first-order chi connectivity index (χ1) is 8.65. The van der Waals surface area contributed by atoms with E-state index in [2.05, 4.69) is 27.6 Å². The summed E-state index contributed by atoms with van der Waals surface area (Å²) in [6.07, 6.45) is 0. The number of anilines is 1. The van der Waals surface area contributed by atoms with Gasteiger partial charge in [-0.1, -0.05) is 6.07 Å². The Balaban J connectivity index is 2.03. The Morgan fingerprint density at radius 3 is 2.33 bits per heavy atom. The van der Waals surface area contributed by atoms with Gasteiger partial charge in [0.15, 0.2) is 5.65 Å². The molecule has 1 N–H and O–H groups in total. The van der Waals surface area contributed by atoms with Crippen LogP contribution in [-0.2, 0) is 0 Å². The molecule has 0 aliphatic heterocycles. The summed E-state index contributed by atoms with van der Waals surface area (Å²) in [5.41, 5.74) is 7.38. The summed E-state index contributed by atoms with van der Waals surface area (Å²) in [4.78, 5) is 4.45. The lowest BCUT2D eigenvalue weighted by Crippen LogP contribution is -2.13. The first-order valence-electron chi connectivity index (χ1n) is 5.89. The SMILES string of the molecule is Cc1ccc(C)n1Nc1nc2cccc(C)n2n1. The summed E-state index contributed by atoms with van der Waals surface area (Å²) in [7, 11) is 0. The predicted octanol–water partition coefficient (Wildman–Crippen LogP) is 2.33. The van der Waals surface area contributed by atoms with Gasteiger partial charge in [0.2, 0.25) is 0 Å². The van der Waals surface area contributed by atoms with Crippen LogP contribution in [0.2, 0.25) is 0 Å². The molecule has 3 aromatic rings. The summed E-state index contributed by atoms with van der Waals surface area (Å²) in [6.45, 7) is 6.10. The second-order valence-electron chi connectivity index (χ2n) is 4.44. The van der Waals surface area contributed by atoms with Gasteiger partial charge in [-0.2, -0.15) is 4.98 Å². The summed E-state index contributed by atoms with van der Waals surface area (Å²) < 4.78 is 3.81. The van der Waals surface area contributed by atoms with Crippen molar-refractivity contribution in [2.24, 2.45) is 0 Å². The van der Waals surface area contributed by atoms with Gasteiger partial charge in [0.05, 0.1) is 0 Å². The van der Waals surface area contributed by atoms with Crippen LogP contribution in [0.25, 0.3) is 5.65 Å². The molecule has 5 heteroatoms. The zero-order valence-electron chi connectivity index (χ0n) is 10.7. The highest BCUT2D eigenvalue weighted by Crippen LogP contribution is 2.11. The fourth-order valence-corrected chi connectivity index (χ4v) is 2.03. The Bertz CT molecular complexity index is 688. The lowest BCUT2D eigenvalue weighted by molar-refractivity contribution is 0.842. The second kappa shape index (κ2) is 3.87. The van der Waals surface area contributed by atoms with E-state index in [1.807, 2.05) is 48.2 Å². The fourth-order valence-electron chi connectivity index (χ4n) is 2.03. The molecule has 0 amide bonds. The lowest BCUT2D eigenvalue weighted by atomic mass is 10.4. The molecule has 0 atom stereocenters. The normalized spacial score (nSPS) is 11.1. The zero-order chi connectivity index (χ0) is 12.7. The van der Waals surface area contributed by atoms with Crippen LogP contribution < -0.4 is 5.43 Å². The molecule has 0 radical (unpaired) electrons. The minimum absolute atomic E-state index is 0.603. The minimum atomic E-state index is 0.603. The molecule has 0 aromatic carbocycles. The van der Waals surface area contributed by atoms with Crippen LogP contribution in [0, 0.1) is 20.8 Å². The smallest absolute Gasteiger partial charge is 0.262 e. The number of aromatic nitrogens is 4. The van der Waals surface area contributed by atoms with Gasteiger partial charge in [0.25, 0.3) is 5.95 Å². The van der Waals surface area contributed by atoms with Gasteiger partial charge in [0.1, 0.15) is 0 Å². The second-order valence-corrected chi connectivity index (χ2v) is 4.44. The van der Waals surface area contributed by atoms with E-state index in [9.17, 15) is 0 Å². The van der Waals surface area contributed by atoms with Crippen molar-refractivity contribution in [1.82, 2.24) is 19.3 Å². The van der Waals surface area contributed by atoms with Crippen molar-refractivity contribution in [2.75, 3.05) is 5.43 Å². The van der Waals surface area contributed by atoms with Gasteiger partial charge >= 0.3 is 0 Å². The van der Waals surface area contributed by atoms with Crippen molar-refractivity contribution < 1.29 is 0 Å². The van der Waals surface area contributed by atoms with E-state index >= 15 is 0 Å². The number of hydrogen-bond acceptors (Lipinski definition) is 3. The van der Waals surface area contributed by atoms with Gasteiger partial charge in [0, 0.05) is 17.1 Å². The first-order valence-corrected chi connectivity index (χ1v) is 5.89. The molecule has 0 saturated carbocycles. The molecule has 0 fully saturated rings. The topological polar surface area (TPSA) is 47.2 Å². The molecule has 0 unspecified atom stereocenters. The maximum Gasteiger partial charge on any atom is 0.262 e. The Kier molecular flexibility index (Phi) is 2.33. The first kappa shape index (κ1) is 10.8. The number of aryl methyl sites for hydroxylation is 3. The largest absolute Gasteiger partial charge is 0.262 e. The van der Waals surface area contributed by atoms with E-state index in [0.717, 1.165) is 22.7 Å². The van der Waals surface area contributed by atoms with Crippen LogP contribution in [0.4, 0.5) is 5.95 Å². The van der Waals surface area contributed by atoms with Crippen molar-refractivity contribution in [3.05, 3.63) is 47.4 Å². The van der Waals surface area contributed by atoms with Crippen molar-refractivity contribution in [3.63, 3.8) is 0 Å². The molecule has 0 aliphatic rings. The van der Waals surface area contributed by atoms with E-state index in [4.69, 9.17) is 0 Å². The number of nitrogens with one attached hydrogen (secondary N) is 1. The molecule has 0 bridgehead atoms. The van der Waals surface area contributed by atoms with Crippen LogP contribution >= 0.6 is 0 Å². The van der Waals surface area contributed by atoms with E-state index in [0.29, 0.717) is 5.95 Å². The van der Waals surface area contributed by atoms with E-state index < -0.39 is 0 Å². The molecule has 0 saturated heterocycles. The Labute approximate surface area is 105 Å². The number of pyridine rings is 1. The van der Waals surface area contributed by atoms with Crippen LogP contribution in [-0.4, -0.2) is 19.3 Å². The molecular weight excluding hydrogens is 226 g/mol. The quantitative estimate of drug-likeness (QED) is 0.749. The van der Waals surface area contributed by atoms with Crippen LogP contribution in [0.3, 0.4) is 0 Å². The number of rotatable bonds is 2. The third-order valence-electron chi connectivity index (χ3n) is 3.03. The lowest BCUT2D eigenvalue weighted by Gasteiger charge is -2.08. The molecule has 3 aromatic heterocycles. The third-order valence-corrected chi connectivity index (χ3v) is 3.03. The third kappa shape index (κ3) is 1.64. The van der Waals surface area contributed by atoms with Crippen molar-refractivity contribution >= 4 is 11.6 Å².